The highest BCUT2D eigenvalue weighted by Crippen LogP contribution is 2.22. The summed E-state index contributed by atoms with van der Waals surface area (Å²) in [4.78, 5) is 0. The highest BCUT2D eigenvalue weighted by atomic mass is 127. The first kappa shape index (κ1) is 10.0. The Bertz CT molecular complexity index is 299. The van der Waals surface area contributed by atoms with E-state index in [1.54, 1.807) is 6.08 Å². The van der Waals surface area contributed by atoms with E-state index in [-0.39, 0.29) is 6.04 Å². The normalized spacial score (nSPS) is 12.6. The zero-order valence-electron chi connectivity index (χ0n) is 6.43. The molecule has 1 aromatic rings. The number of halogens is 2. The molecule has 0 saturated carbocycles. The molecule has 0 aromatic heterocycles. The first-order valence-corrected chi connectivity index (χ1v) is 4.94. The maximum Gasteiger partial charge on any atom is 0.0539 e. The Morgan fingerprint density at radius 2 is 2.25 bits per heavy atom. The minimum atomic E-state index is -0.101. The Labute approximate surface area is 90.7 Å². The van der Waals surface area contributed by atoms with Crippen molar-refractivity contribution in [2.45, 2.75) is 6.04 Å². The zero-order valence-corrected chi connectivity index (χ0v) is 9.34. The minimum absolute atomic E-state index is 0.101. The summed E-state index contributed by atoms with van der Waals surface area (Å²) in [5.74, 6) is 0. The largest absolute Gasteiger partial charge is 0.321 e. The van der Waals surface area contributed by atoms with E-state index in [4.69, 9.17) is 17.3 Å². The van der Waals surface area contributed by atoms with E-state index in [0.29, 0.717) is 0 Å². The lowest BCUT2D eigenvalue weighted by molar-refractivity contribution is 0.913. The lowest BCUT2D eigenvalue weighted by Crippen LogP contribution is -2.06. The summed E-state index contributed by atoms with van der Waals surface area (Å²) in [5.41, 5.74) is 6.79. The Hall–Kier alpha value is -0.0600. The van der Waals surface area contributed by atoms with Gasteiger partial charge < -0.3 is 5.73 Å². The molecular formula is C9H9ClIN. The van der Waals surface area contributed by atoms with Crippen LogP contribution in [-0.2, 0) is 0 Å². The fourth-order valence-corrected chi connectivity index (χ4v) is 1.51. The predicted molar refractivity (Wildman–Crippen MR) is 61.3 cm³/mol. The van der Waals surface area contributed by atoms with E-state index in [9.17, 15) is 0 Å². The first-order valence-electron chi connectivity index (χ1n) is 3.48. The van der Waals surface area contributed by atoms with Crippen LogP contribution in [0.5, 0.6) is 0 Å². The molecule has 64 valence electrons. The maximum atomic E-state index is 5.85. The molecule has 1 nitrogen and oxygen atoms in total. The first-order chi connectivity index (χ1) is 5.65. The van der Waals surface area contributed by atoms with Gasteiger partial charge in [0, 0.05) is 9.61 Å². The molecule has 2 N–H and O–H groups in total. The SMILES string of the molecule is C=CC(N)c1ccc(Cl)c(I)c1. The third-order valence-corrected chi connectivity index (χ3v) is 3.12. The molecule has 12 heavy (non-hydrogen) atoms. The third kappa shape index (κ3) is 2.21. The van der Waals surface area contributed by atoms with Crippen molar-refractivity contribution in [1.82, 2.24) is 0 Å². The van der Waals surface area contributed by atoms with Crippen molar-refractivity contribution in [1.29, 1.82) is 0 Å². The van der Waals surface area contributed by atoms with Gasteiger partial charge in [0.1, 0.15) is 0 Å². The van der Waals surface area contributed by atoms with Crippen LogP contribution in [0.4, 0.5) is 0 Å². The van der Waals surface area contributed by atoms with Crippen molar-refractivity contribution >= 4 is 34.2 Å². The number of nitrogens with two attached hydrogens (primary N) is 1. The monoisotopic (exact) mass is 293 g/mol. The number of hydrogen-bond donors (Lipinski definition) is 1. The van der Waals surface area contributed by atoms with Crippen molar-refractivity contribution in [2.75, 3.05) is 0 Å². The van der Waals surface area contributed by atoms with Gasteiger partial charge >= 0.3 is 0 Å². The molecule has 0 fully saturated rings. The fraction of sp³-hybridized carbons (Fsp3) is 0.111. The molecule has 1 unspecified atom stereocenters. The standard InChI is InChI=1S/C9H9ClIN/c1-2-9(12)6-3-4-7(10)8(11)5-6/h2-5,9H,1,12H2. The molecule has 0 bridgehead atoms. The Morgan fingerprint density at radius 1 is 1.58 bits per heavy atom. The van der Waals surface area contributed by atoms with E-state index in [1.807, 2.05) is 18.2 Å². The Kier molecular flexibility index (Phi) is 3.55. The summed E-state index contributed by atoms with van der Waals surface area (Å²) >= 11 is 8.03. The van der Waals surface area contributed by atoms with Crippen LogP contribution in [-0.4, -0.2) is 0 Å². The van der Waals surface area contributed by atoms with Gasteiger partial charge in [-0.25, -0.2) is 0 Å². The van der Waals surface area contributed by atoms with Crippen molar-refractivity contribution in [2.24, 2.45) is 5.73 Å². The summed E-state index contributed by atoms with van der Waals surface area (Å²) in [6.07, 6.45) is 1.71. The molecule has 0 aliphatic rings. The summed E-state index contributed by atoms with van der Waals surface area (Å²) < 4.78 is 1.02. The van der Waals surface area contributed by atoms with Crippen LogP contribution in [0.15, 0.2) is 30.9 Å². The van der Waals surface area contributed by atoms with Gasteiger partial charge in [-0.1, -0.05) is 23.7 Å². The number of hydrogen-bond acceptors (Lipinski definition) is 1. The Morgan fingerprint density at radius 3 is 2.75 bits per heavy atom. The van der Waals surface area contributed by atoms with E-state index < -0.39 is 0 Å². The molecule has 0 spiro atoms. The topological polar surface area (TPSA) is 26.0 Å². The van der Waals surface area contributed by atoms with Crippen LogP contribution in [0.1, 0.15) is 11.6 Å². The van der Waals surface area contributed by atoms with E-state index >= 15 is 0 Å². The molecule has 0 aliphatic heterocycles. The van der Waals surface area contributed by atoms with Crippen molar-refractivity contribution in [3.8, 4) is 0 Å². The van der Waals surface area contributed by atoms with Crippen LogP contribution in [0.3, 0.4) is 0 Å². The van der Waals surface area contributed by atoms with Gasteiger partial charge in [-0.2, -0.15) is 0 Å². The number of rotatable bonds is 2. The molecular weight excluding hydrogens is 284 g/mol. The number of benzene rings is 1. The van der Waals surface area contributed by atoms with E-state index in [2.05, 4.69) is 29.2 Å². The summed E-state index contributed by atoms with van der Waals surface area (Å²) in [5, 5.41) is 0.760. The second-order valence-electron chi connectivity index (χ2n) is 2.44. The average Bonchev–Trinajstić information content (AvgIpc) is 2.08. The van der Waals surface area contributed by atoms with E-state index in [1.165, 1.54) is 0 Å². The Balaban J connectivity index is 3.04. The van der Waals surface area contributed by atoms with E-state index in [0.717, 1.165) is 14.2 Å². The fourth-order valence-electron chi connectivity index (χ4n) is 0.856. The molecule has 3 heteroatoms. The van der Waals surface area contributed by atoms with Crippen LogP contribution in [0.25, 0.3) is 0 Å². The van der Waals surface area contributed by atoms with Gasteiger partial charge in [0.15, 0.2) is 0 Å². The maximum absolute atomic E-state index is 5.85. The highest BCUT2D eigenvalue weighted by molar-refractivity contribution is 14.1. The molecule has 0 radical (unpaired) electrons. The molecule has 0 aliphatic carbocycles. The van der Waals surface area contributed by atoms with Crippen LogP contribution in [0.2, 0.25) is 5.02 Å². The summed E-state index contributed by atoms with van der Waals surface area (Å²) in [6, 6.07) is 5.63. The molecule has 0 heterocycles. The predicted octanol–water partition coefficient (Wildman–Crippen LogP) is 3.13. The molecule has 0 saturated heterocycles. The van der Waals surface area contributed by atoms with Crippen molar-refractivity contribution in [3.63, 3.8) is 0 Å². The lowest BCUT2D eigenvalue weighted by Gasteiger charge is -2.07. The second-order valence-corrected chi connectivity index (χ2v) is 4.00. The van der Waals surface area contributed by atoms with Gasteiger partial charge in [0.05, 0.1) is 5.02 Å². The van der Waals surface area contributed by atoms with Crippen LogP contribution < -0.4 is 5.73 Å². The van der Waals surface area contributed by atoms with Crippen LogP contribution in [0, 0.1) is 3.57 Å². The third-order valence-electron chi connectivity index (χ3n) is 1.58. The van der Waals surface area contributed by atoms with Gasteiger partial charge in [-0.3, -0.25) is 0 Å². The minimum Gasteiger partial charge on any atom is -0.321 e. The average molecular weight is 294 g/mol. The van der Waals surface area contributed by atoms with Gasteiger partial charge in [0.2, 0.25) is 0 Å². The van der Waals surface area contributed by atoms with Crippen molar-refractivity contribution in [3.05, 3.63) is 45.0 Å². The summed E-state index contributed by atoms with van der Waals surface area (Å²) in [7, 11) is 0. The second kappa shape index (κ2) is 4.25. The molecule has 1 atom stereocenters. The van der Waals surface area contributed by atoms with Crippen molar-refractivity contribution < 1.29 is 0 Å². The smallest absolute Gasteiger partial charge is 0.0539 e. The van der Waals surface area contributed by atoms with Gasteiger partial charge in [-0.15, -0.1) is 6.58 Å². The molecule has 0 amide bonds. The lowest BCUT2D eigenvalue weighted by atomic mass is 10.1. The highest BCUT2D eigenvalue weighted by Gasteiger charge is 2.03. The zero-order chi connectivity index (χ0) is 9.14. The molecule has 1 aromatic carbocycles. The van der Waals surface area contributed by atoms with Gasteiger partial charge in [-0.05, 0) is 40.3 Å². The summed E-state index contributed by atoms with van der Waals surface area (Å²) in [6.45, 7) is 3.63. The van der Waals surface area contributed by atoms with Gasteiger partial charge in [0.25, 0.3) is 0 Å². The quantitative estimate of drug-likeness (QED) is 0.658. The molecule has 1 rings (SSSR count). The van der Waals surface area contributed by atoms with Crippen LogP contribution >= 0.6 is 34.2 Å².